The molecule has 2 heterocycles. The third-order valence-corrected chi connectivity index (χ3v) is 2.84. The van der Waals surface area contributed by atoms with Crippen LogP contribution in [0.4, 0.5) is 5.82 Å². The summed E-state index contributed by atoms with van der Waals surface area (Å²) in [6.45, 7) is 11.0. The molecule has 0 amide bonds. The van der Waals surface area contributed by atoms with Crippen molar-refractivity contribution in [2.75, 3.05) is 11.4 Å². The number of fused-ring (bicyclic) bond motifs is 1. The van der Waals surface area contributed by atoms with Crippen molar-refractivity contribution in [2.45, 2.75) is 46.2 Å². The lowest BCUT2D eigenvalue weighted by Crippen LogP contribution is -2.28. The summed E-state index contributed by atoms with van der Waals surface area (Å²) in [6, 6.07) is 2.81. The lowest BCUT2D eigenvalue weighted by molar-refractivity contribution is 0.645. The second-order valence-electron chi connectivity index (χ2n) is 4.59. The maximum Gasteiger partial charge on any atom is 0.127 e. The third-order valence-electron chi connectivity index (χ3n) is 2.84. The minimum absolute atomic E-state index is 0.530. The van der Waals surface area contributed by atoms with E-state index in [0.29, 0.717) is 12.0 Å². The number of rotatable bonds is 2. The van der Waals surface area contributed by atoms with Crippen LogP contribution in [-0.2, 0) is 6.54 Å². The van der Waals surface area contributed by atoms with Crippen LogP contribution in [0.25, 0.3) is 0 Å². The Morgan fingerprint density at radius 1 is 1.21 bits per heavy atom. The van der Waals surface area contributed by atoms with Crippen LogP contribution >= 0.6 is 0 Å². The lowest BCUT2D eigenvalue weighted by atomic mass is 10.1. The van der Waals surface area contributed by atoms with Crippen LogP contribution in [0.1, 0.15) is 39.3 Å². The second kappa shape index (κ2) is 3.30. The van der Waals surface area contributed by atoms with Gasteiger partial charge in [0.25, 0.3) is 0 Å². The summed E-state index contributed by atoms with van der Waals surface area (Å²) in [4.78, 5) is 2.42. The Balaban J connectivity index is 2.30. The van der Waals surface area contributed by atoms with E-state index in [0.717, 1.165) is 13.1 Å². The number of hydrogen-bond donors (Lipinski definition) is 0. The lowest BCUT2D eigenvalue weighted by Gasteiger charge is -2.21. The Hall–Kier alpha value is -0.990. The molecule has 0 unspecified atom stereocenters. The fourth-order valence-electron chi connectivity index (χ4n) is 1.94. The van der Waals surface area contributed by atoms with Crippen molar-refractivity contribution in [3.05, 3.63) is 11.8 Å². The van der Waals surface area contributed by atoms with Gasteiger partial charge in [-0.1, -0.05) is 13.8 Å². The Labute approximate surface area is 85.7 Å². The SMILES string of the molecule is CC(C)c1cc2n(n1)CCN2C(C)C. The highest BCUT2D eigenvalue weighted by atomic mass is 15.4. The van der Waals surface area contributed by atoms with Crippen molar-refractivity contribution >= 4 is 5.82 Å². The van der Waals surface area contributed by atoms with Crippen molar-refractivity contribution < 1.29 is 0 Å². The Bertz CT molecular complexity index is 325. The Morgan fingerprint density at radius 3 is 2.50 bits per heavy atom. The van der Waals surface area contributed by atoms with Crippen LogP contribution in [0, 0.1) is 0 Å². The zero-order valence-electron chi connectivity index (χ0n) is 9.49. The van der Waals surface area contributed by atoms with Gasteiger partial charge in [0.1, 0.15) is 5.82 Å². The van der Waals surface area contributed by atoms with Gasteiger partial charge in [-0.05, 0) is 19.8 Å². The highest BCUT2D eigenvalue weighted by Crippen LogP contribution is 2.26. The normalized spacial score (nSPS) is 15.7. The van der Waals surface area contributed by atoms with E-state index in [1.54, 1.807) is 0 Å². The maximum absolute atomic E-state index is 4.60. The summed E-state index contributed by atoms with van der Waals surface area (Å²) >= 11 is 0. The average Bonchev–Trinajstić information content (AvgIpc) is 2.58. The monoisotopic (exact) mass is 193 g/mol. The maximum atomic E-state index is 4.60. The van der Waals surface area contributed by atoms with Gasteiger partial charge in [-0.2, -0.15) is 5.10 Å². The molecule has 0 aromatic carbocycles. The first-order valence-corrected chi connectivity index (χ1v) is 5.44. The minimum Gasteiger partial charge on any atom is -0.353 e. The van der Waals surface area contributed by atoms with Crippen molar-refractivity contribution in [2.24, 2.45) is 0 Å². The summed E-state index contributed by atoms with van der Waals surface area (Å²) in [5, 5.41) is 4.60. The van der Waals surface area contributed by atoms with Crippen LogP contribution in [0.2, 0.25) is 0 Å². The molecule has 0 spiro atoms. The van der Waals surface area contributed by atoms with Crippen LogP contribution in [-0.4, -0.2) is 22.4 Å². The van der Waals surface area contributed by atoms with E-state index >= 15 is 0 Å². The van der Waals surface area contributed by atoms with E-state index in [9.17, 15) is 0 Å². The summed E-state index contributed by atoms with van der Waals surface area (Å²) in [5.74, 6) is 1.82. The highest BCUT2D eigenvalue weighted by molar-refractivity contribution is 5.45. The number of nitrogens with zero attached hydrogens (tertiary/aromatic N) is 3. The number of hydrogen-bond acceptors (Lipinski definition) is 2. The number of aromatic nitrogens is 2. The molecule has 0 saturated heterocycles. The molecule has 1 aliphatic rings. The van der Waals surface area contributed by atoms with Crippen LogP contribution in [0.5, 0.6) is 0 Å². The van der Waals surface area contributed by atoms with Crippen molar-refractivity contribution in [3.8, 4) is 0 Å². The molecule has 0 aliphatic carbocycles. The molecule has 0 fully saturated rings. The first kappa shape index (κ1) is 9.56. The molecule has 14 heavy (non-hydrogen) atoms. The smallest absolute Gasteiger partial charge is 0.127 e. The molecule has 0 radical (unpaired) electrons. The van der Waals surface area contributed by atoms with Crippen LogP contribution in [0.15, 0.2) is 6.07 Å². The highest BCUT2D eigenvalue weighted by Gasteiger charge is 2.23. The molecule has 78 valence electrons. The molecule has 0 N–H and O–H groups in total. The minimum atomic E-state index is 0.530. The molecule has 0 saturated carbocycles. The van der Waals surface area contributed by atoms with E-state index < -0.39 is 0 Å². The fraction of sp³-hybridized carbons (Fsp3) is 0.727. The van der Waals surface area contributed by atoms with Crippen molar-refractivity contribution in [1.29, 1.82) is 0 Å². The molecule has 1 aromatic heterocycles. The van der Waals surface area contributed by atoms with Gasteiger partial charge in [0.15, 0.2) is 0 Å². The van der Waals surface area contributed by atoms with Crippen LogP contribution in [0.3, 0.4) is 0 Å². The predicted molar refractivity (Wildman–Crippen MR) is 58.8 cm³/mol. The molecular weight excluding hydrogens is 174 g/mol. The van der Waals surface area contributed by atoms with Gasteiger partial charge in [0, 0.05) is 18.7 Å². The zero-order valence-corrected chi connectivity index (χ0v) is 9.49. The van der Waals surface area contributed by atoms with Gasteiger partial charge in [0.05, 0.1) is 12.2 Å². The summed E-state index contributed by atoms with van der Waals surface area (Å²) in [7, 11) is 0. The topological polar surface area (TPSA) is 21.1 Å². The molecule has 0 bridgehead atoms. The second-order valence-corrected chi connectivity index (χ2v) is 4.59. The van der Waals surface area contributed by atoms with Gasteiger partial charge < -0.3 is 4.90 Å². The van der Waals surface area contributed by atoms with Gasteiger partial charge in [-0.15, -0.1) is 0 Å². The molecule has 0 atom stereocenters. The van der Waals surface area contributed by atoms with E-state index in [4.69, 9.17) is 0 Å². The average molecular weight is 193 g/mol. The molecule has 1 aliphatic heterocycles. The third kappa shape index (κ3) is 1.41. The largest absolute Gasteiger partial charge is 0.353 e. The summed E-state index contributed by atoms with van der Waals surface area (Å²) in [5.41, 5.74) is 1.21. The molecular formula is C11H19N3. The fourth-order valence-corrected chi connectivity index (χ4v) is 1.94. The summed E-state index contributed by atoms with van der Waals surface area (Å²) < 4.78 is 2.13. The van der Waals surface area contributed by atoms with Crippen molar-refractivity contribution in [1.82, 2.24) is 9.78 Å². The van der Waals surface area contributed by atoms with Gasteiger partial charge in [-0.25, -0.2) is 4.68 Å². The molecule has 3 heteroatoms. The predicted octanol–water partition coefficient (Wildman–Crippen LogP) is 2.23. The van der Waals surface area contributed by atoms with E-state index in [-0.39, 0.29) is 0 Å². The van der Waals surface area contributed by atoms with Crippen LogP contribution < -0.4 is 4.90 Å². The zero-order chi connectivity index (χ0) is 10.3. The van der Waals surface area contributed by atoms with E-state index in [1.807, 2.05) is 0 Å². The Kier molecular flexibility index (Phi) is 2.25. The van der Waals surface area contributed by atoms with Gasteiger partial charge >= 0.3 is 0 Å². The van der Waals surface area contributed by atoms with Crippen molar-refractivity contribution in [3.63, 3.8) is 0 Å². The standard InChI is InChI=1S/C11H19N3/c1-8(2)10-7-11-13(9(3)4)5-6-14(11)12-10/h7-9H,5-6H2,1-4H3. The first-order chi connectivity index (χ1) is 6.59. The van der Waals surface area contributed by atoms with Gasteiger partial charge in [0.2, 0.25) is 0 Å². The molecule has 1 aromatic rings. The van der Waals surface area contributed by atoms with E-state index in [1.165, 1.54) is 11.5 Å². The molecule has 3 nitrogen and oxygen atoms in total. The molecule has 2 rings (SSSR count). The Morgan fingerprint density at radius 2 is 1.93 bits per heavy atom. The number of anilines is 1. The van der Waals surface area contributed by atoms with E-state index in [2.05, 4.69) is 48.4 Å². The van der Waals surface area contributed by atoms with Gasteiger partial charge in [-0.3, -0.25) is 0 Å². The quantitative estimate of drug-likeness (QED) is 0.718. The summed E-state index contributed by atoms with van der Waals surface area (Å²) in [6.07, 6.45) is 0. The first-order valence-electron chi connectivity index (χ1n) is 5.44.